The van der Waals surface area contributed by atoms with Gasteiger partial charge in [0.1, 0.15) is 5.01 Å². The third-order valence-corrected chi connectivity index (χ3v) is 4.61. The van der Waals surface area contributed by atoms with E-state index in [1.807, 2.05) is 13.8 Å². The Hall–Kier alpha value is -1.61. The number of thiazole rings is 1. The molecule has 2 heterocycles. The van der Waals surface area contributed by atoms with Crippen molar-refractivity contribution in [2.45, 2.75) is 44.4 Å². The number of rotatable bonds is 8. The molecule has 0 bridgehead atoms. The molecule has 0 unspecified atom stereocenters. The summed E-state index contributed by atoms with van der Waals surface area (Å²) in [5.41, 5.74) is 11.0. The first-order chi connectivity index (χ1) is 10.9. The monoisotopic (exact) mass is 337 g/mol. The lowest BCUT2D eigenvalue weighted by atomic mass is 9.82. The molecule has 23 heavy (non-hydrogen) atoms. The van der Waals surface area contributed by atoms with Gasteiger partial charge in [0, 0.05) is 30.2 Å². The van der Waals surface area contributed by atoms with Crippen LogP contribution in [0.25, 0.3) is 0 Å². The van der Waals surface area contributed by atoms with E-state index < -0.39 is 23.5 Å². The summed E-state index contributed by atoms with van der Waals surface area (Å²) in [5.74, 6) is -0.296. The third kappa shape index (κ3) is 3.84. The van der Waals surface area contributed by atoms with E-state index in [4.69, 9.17) is 11.5 Å². The number of nitrogens with zero attached hydrogens (tertiary/aromatic N) is 2. The maximum atomic E-state index is 12.9. The molecule has 0 radical (unpaired) electrons. The van der Waals surface area contributed by atoms with Gasteiger partial charge in [-0.05, 0) is 12.3 Å². The summed E-state index contributed by atoms with van der Waals surface area (Å²) in [6.45, 7) is 3.96. The topological polar surface area (TPSA) is 131 Å². The number of hydrogen-bond donors (Lipinski definition) is 4. The van der Waals surface area contributed by atoms with E-state index in [2.05, 4.69) is 15.0 Å². The molecule has 2 aromatic rings. The van der Waals surface area contributed by atoms with Crippen LogP contribution >= 0.6 is 11.3 Å². The van der Waals surface area contributed by atoms with Crippen molar-refractivity contribution in [1.82, 2.24) is 15.0 Å². The number of imidazole rings is 1. The second-order valence-corrected chi connectivity index (χ2v) is 6.97. The number of aliphatic hydroxyl groups is 1. The first kappa shape index (κ1) is 17.7. The molecule has 126 valence electrons. The highest BCUT2D eigenvalue weighted by Gasteiger charge is 2.48. The molecule has 0 saturated carbocycles. The molecule has 2 rings (SSSR count). The van der Waals surface area contributed by atoms with Crippen LogP contribution in [0.5, 0.6) is 0 Å². The van der Waals surface area contributed by atoms with E-state index in [9.17, 15) is 9.90 Å². The maximum Gasteiger partial charge on any atom is 0.191 e. The number of Topliss-reactive ketones (excluding diaryl/α,β-unsaturated/α-hetero) is 1. The molecular formula is C15H23N5O2S. The molecule has 0 fully saturated rings. The zero-order valence-electron chi connectivity index (χ0n) is 13.3. The van der Waals surface area contributed by atoms with Gasteiger partial charge in [0.15, 0.2) is 11.4 Å². The number of nitrogens with one attached hydrogen (secondary N) is 1. The number of carbonyl (C=O) groups excluding carboxylic acids is 1. The van der Waals surface area contributed by atoms with Crippen molar-refractivity contribution >= 4 is 17.1 Å². The second kappa shape index (κ2) is 7.31. The Balaban J connectivity index is 2.27. The fourth-order valence-corrected chi connectivity index (χ4v) is 3.34. The zero-order chi connectivity index (χ0) is 17.0. The minimum absolute atomic E-state index is 0.227. The Morgan fingerprint density at radius 2 is 2.17 bits per heavy atom. The molecule has 0 amide bonds. The zero-order valence-corrected chi connectivity index (χ0v) is 14.1. The first-order valence-corrected chi connectivity index (χ1v) is 8.39. The lowest BCUT2D eigenvalue weighted by molar-refractivity contribution is -0.142. The van der Waals surface area contributed by atoms with Crippen LogP contribution in [0.4, 0.5) is 0 Å². The van der Waals surface area contributed by atoms with Crippen LogP contribution in [-0.4, -0.2) is 37.9 Å². The lowest BCUT2D eigenvalue weighted by Gasteiger charge is -2.33. The predicted octanol–water partition coefficient (Wildman–Crippen LogP) is 0.566. The Labute approximate surface area is 139 Å². The van der Waals surface area contributed by atoms with Crippen LogP contribution in [0.3, 0.4) is 0 Å². The van der Waals surface area contributed by atoms with E-state index in [-0.39, 0.29) is 17.3 Å². The molecule has 0 aliphatic carbocycles. The van der Waals surface area contributed by atoms with Crippen LogP contribution in [-0.2, 0) is 16.8 Å². The Kier molecular flexibility index (Phi) is 5.64. The smallest absolute Gasteiger partial charge is 0.191 e. The van der Waals surface area contributed by atoms with Crippen molar-refractivity contribution in [2.24, 2.45) is 17.4 Å². The minimum Gasteiger partial charge on any atom is -0.374 e. The standard InChI is InChI=1S/C15H23N5O2S/c1-9(2)5-12(17)15(22,14-19-3-4-23-14)13(21)11(16)6-10-7-18-8-20-10/h3-4,7-9,11-12,22H,5-6,16-17H2,1-2H3,(H,18,20)/t11-,12-,15+/m0/s1. The van der Waals surface area contributed by atoms with E-state index >= 15 is 0 Å². The van der Waals surface area contributed by atoms with Crippen molar-refractivity contribution in [2.75, 3.05) is 0 Å². The highest BCUT2D eigenvalue weighted by molar-refractivity contribution is 7.09. The Morgan fingerprint density at radius 3 is 2.70 bits per heavy atom. The van der Waals surface area contributed by atoms with Crippen molar-refractivity contribution in [3.63, 3.8) is 0 Å². The van der Waals surface area contributed by atoms with Gasteiger partial charge < -0.3 is 21.6 Å². The summed E-state index contributed by atoms with van der Waals surface area (Å²) in [5, 5.41) is 13.1. The Bertz CT molecular complexity index is 614. The van der Waals surface area contributed by atoms with E-state index in [1.165, 1.54) is 17.7 Å². The van der Waals surface area contributed by atoms with Crippen LogP contribution < -0.4 is 11.5 Å². The molecule has 8 heteroatoms. The SMILES string of the molecule is CC(C)C[C@H](N)[C@@](O)(C(=O)[C@@H](N)Cc1c[nH]cn1)c1nccs1. The molecule has 7 nitrogen and oxygen atoms in total. The van der Waals surface area contributed by atoms with Crippen molar-refractivity contribution in [3.8, 4) is 0 Å². The van der Waals surface area contributed by atoms with Gasteiger partial charge in [-0.2, -0.15) is 0 Å². The fraction of sp³-hybridized carbons (Fsp3) is 0.533. The quantitative estimate of drug-likeness (QED) is 0.557. The van der Waals surface area contributed by atoms with Crippen molar-refractivity contribution in [1.29, 1.82) is 0 Å². The maximum absolute atomic E-state index is 12.9. The number of aromatic amines is 1. The van der Waals surface area contributed by atoms with Crippen LogP contribution in [0.1, 0.15) is 31.0 Å². The Morgan fingerprint density at radius 1 is 1.43 bits per heavy atom. The summed E-state index contributed by atoms with van der Waals surface area (Å²) in [6, 6.07) is -1.68. The largest absolute Gasteiger partial charge is 0.374 e. The molecule has 0 aliphatic rings. The van der Waals surface area contributed by atoms with Gasteiger partial charge in [0.05, 0.1) is 18.1 Å². The average Bonchev–Trinajstić information content (AvgIpc) is 3.17. The molecular weight excluding hydrogens is 314 g/mol. The van der Waals surface area contributed by atoms with E-state index in [0.29, 0.717) is 12.1 Å². The van der Waals surface area contributed by atoms with Crippen molar-refractivity contribution < 1.29 is 9.90 Å². The predicted molar refractivity (Wildman–Crippen MR) is 88.7 cm³/mol. The van der Waals surface area contributed by atoms with Crippen LogP contribution in [0, 0.1) is 5.92 Å². The van der Waals surface area contributed by atoms with Gasteiger partial charge in [-0.25, -0.2) is 9.97 Å². The molecule has 3 atom stereocenters. The number of hydrogen-bond acceptors (Lipinski definition) is 7. The van der Waals surface area contributed by atoms with Crippen LogP contribution in [0.2, 0.25) is 0 Å². The van der Waals surface area contributed by atoms with Crippen LogP contribution in [0.15, 0.2) is 24.1 Å². The molecule has 0 spiro atoms. The van der Waals surface area contributed by atoms with E-state index in [1.54, 1.807) is 17.8 Å². The minimum atomic E-state index is -1.88. The normalized spacial score (nSPS) is 17.0. The second-order valence-electron chi connectivity index (χ2n) is 6.08. The summed E-state index contributed by atoms with van der Waals surface area (Å²) >= 11 is 1.20. The van der Waals surface area contributed by atoms with Gasteiger partial charge in [-0.3, -0.25) is 4.79 Å². The number of nitrogens with two attached hydrogens (primary N) is 2. The summed E-state index contributed by atoms with van der Waals surface area (Å²) in [7, 11) is 0. The van der Waals surface area contributed by atoms with Gasteiger partial charge in [0.25, 0.3) is 0 Å². The molecule has 6 N–H and O–H groups in total. The fourth-order valence-electron chi connectivity index (χ4n) is 2.54. The molecule has 2 aromatic heterocycles. The van der Waals surface area contributed by atoms with Gasteiger partial charge >= 0.3 is 0 Å². The molecule has 0 aliphatic heterocycles. The highest BCUT2D eigenvalue weighted by atomic mass is 32.1. The number of H-pyrrole nitrogens is 1. The molecule has 0 saturated heterocycles. The summed E-state index contributed by atoms with van der Waals surface area (Å²) in [6.07, 6.45) is 5.44. The van der Waals surface area contributed by atoms with E-state index in [0.717, 1.165) is 0 Å². The number of carbonyl (C=O) groups is 1. The van der Waals surface area contributed by atoms with Gasteiger partial charge in [0.2, 0.25) is 0 Å². The molecule has 0 aromatic carbocycles. The van der Waals surface area contributed by atoms with Gasteiger partial charge in [-0.15, -0.1) is 11.3 Å². The number of aromatic nitrogens is 3. The van der Waals surface area contributed by atoms with Crippen molar-refractivity contribution in [3.05, 3.63) is 34.8 Å². The lowest BCUT2D eigenvalue weighted by Crippen LogP contribution is -2.57. The highest BCUT2D eigenvalue weighted by Crippen LogP contribution is 2.31. The first-order valence-electron chi connectivity index (χ1n) is 7.51. The third-order valence-electron chi connectivity index (χ3n) is 3.72. The number of ketones is 1. The summed E-state index contributed by atoms with van der Waals surface area (Å²) in [4.78, 5) is 23.9. The average molecular weight is 337 g/mol. The van der Waals surface area contributed by atoms with Gasteiger partial charge in [-0.1, -0.05) is 13.8 Å². The summed E-state index contributed by atoms with van der Waals surface area (Å²) < 4.78 is 0.